The minimum atomic E-state index is 0.310. The summed E-state index contributed by atoms with van der Waals surface area (Å²) in [5.74, 6) is 3.39. The molecule has 0 aromatic heterocycles. The fourth-order valence-corrected chi connectivity index (χ4v) is 3.72. The zero-order valence-corrected chi connectivity index (χ0v) is 8.03. The van der Waals surface area contributed by atoms with E-state index in [1.807, 2.05) is 0 Å². The standard InChI is InChI=1S/C12H15N/c1-7-2-8-3-9-4-10(5-11(8)9)12(7)6-13/h2,7,9-12H,3-5H2,1H3/t7-,9?,10+,11?,12?/m1/s1. The van der Waals surface area contributed by atoms with Crippen molar-refractivity contribution < 1.29 is 0 Å². The van der Waals surface area contributed by atoms with Crippen LogP contribution in [-0.2, 0) is 0 Å². The van der Waals surface area contributed by atoms with Crippen molar-refractivity contribution in [2.45, 2.75) is 26.2 Å². The molecule has 3 unspecified atom stereocenters. The van der Waals surface area contributed by atoms with Gasteiger partial charge in [-0.2, -0.15) is 5.26 Å². The number of nitriles is 1. The molecule has 0 spiro atoms. The van der Waals surface area contributed by atoms with Crippen LogP contribution in [0, 0.1) is 40.9 Å². The average molecular weight is 173 g/mol. The second-order valence-electron chi connectivity index (χ2n) is 5.06. The van der Waals surface area contributed by atoms with Crippen molar-refractivity contribution in [3.63, 3.8) is 0 Å². The van der Waals surface area contributed by atoms with Crippen LogP contribution in [-0.4, -0.2) is 0 Å². The first-order valence-electron chi connectivity index (χ1n) is 5.40. The van der Waals surface area contributed by atoms with Crippen LogP contribution < -0.4 is 0 Å². The first-order valence-corrected chi connectivity index (χ1v) is 5.40. The maximum atomic E-state index is 9.13. The van der Waals surface area contributed by atoms with Crippen LogP contribution >= 0.6 is 0 Å². The molecule has 2 saturated carbocycles. The number of nitrogens with zero attached hydrogens (tertiary/aromatic N) is 1. The third kappa shape index (κ3) is 0.866. The molecule has 1 heteroatoms. The van der Waals surface area contributed by atoms with Gasteiger partial charge < -0.3 is 0 Å². The van der Waals surface area contributed by atoms with Gasteiger partial charge in [0.15, 0.2) is 0 Å². The fraction of sp³-hybridized carbons (Fsp3) is 0.750. The molecule has 2 bridgehead atoms. The number of hydrogen-bond acceptors (Lipinski definition) is 1. The number of rotatable bonds is 0. The van der Waals surface area contributed by atoms with E-state index >= 15 is 0 Å². The van der Waals surface area contributed by atoms with E-state index in [1.54, 1.807) is 5.57 Å². The number of hydrogen-bond donors (Lipinski definition) is 0. The molecule has 0 N–H and O–H groups in total. The lowest BCUT2D eigenvalue weighted by molar-refractivity contribution is 0.299. The van der Waals surface area contributed by atoms with Crippen molar-refractivity contribution >= 4 is 0 Å². The minimum Gasteiger partial charge on any atom is -0.198 e. The van der Waals surface area contributed by atoms with Crippen LogP contribution in [0.15, 0.2) is 11.6 Å². The van der Waals surface area contributed by atoms with Gasteiger partial charge in [0.1, 0.15) is 0 Å². The van der Waals surface area contributed by atoms with Crippen LogP contribution in [0.4, 0.5) is 0 Å². The van der Waals surface area contributed by atoms with E-state index < -0.39 is 0 Å². The lowest BCUT2D eigenvalue weighted by atomic mass is 9.69. The zero-order valence-electron chi connectivity index (χ0n) is 8.03. The molecule has 0 aliphatic heterocycles. The summed E-state index contributed by atoms with van der Waals surface area (Å²) in [5, 5.41) is 9.13. The largest absolute Gasteiger partial charge is 0.198 e. The molecule has 0 amide bonds. The highest BCUT2D eigenvalue weighted by molar-refractivity contribution is 5.26. The van der Waals surface area contributed by atoms with Crippen LogP contribution in [0.2, 0.25) is 0 Å². The van der Waals surface area contributed by atoms with Gasteiger partial charge in [-0.1, -0.05) is 18.6 Å². The van der Waals surface area contributed by atoms with E-state index in [9.17, 15) is 0 Å². The maximum absolute atomic E-state index is 9.13. The molecule has 2 fully saturated rings. The Morgan fingerprint density at radius 3 is 3.00 bits per heavy atom. The summed E-state index contributed by atoms with van der Waals surface area (Å²) in [6, 6.07) is 2.52. The molecule has 0 aromatic carbocycles. The van der Waals surface area contributed by atoms with Gasteiger partial charge in [0.05, 0.1) is 12.0 Å². The number of allylic oxidation sites excluding steroid dienone is 2. The second-order valence-corrected chi connectivity index (χ2v) is 5.06. The Bertz CT molecular complexity index is 310. The van der Waals surface area contributed by atoms with Crippen LogP contribution in [0.1, 0.15) is 26.2 Å². The number of fused-ring (bicyclic) bond motifs is 1. The highest BCUT2D eigenvalue weighted by Gasteiger charge is 2.49. The normalized spacial score (nSPS) is 51.7. The topological polar surface area (TPSA) is 23.8 Å². The van der Waals surface area contributed by atoms with E-state index in [-0.39, 0.29) is 0 Å². The van der Waals surface area contributed by atoms with Gasteiger partial charge in [-0.05, 0) is 42.9 Å². The van der Waals surface area contributed by atoms with Crippen LogP contribution in [0.3, 0.4) is 0 Å². The van der Waals surface area contributed by atoms with Crippen molar-refractivity contribution in [3.05, 3.63) is 11.6 Å². The Kier molecular flexibility index (Phi) is 1.39. The van der Waals surface area contributed by atoms with E-state index in [1.165, 1.54) is 19.3 Å². The average Bonchev–Trinajstić information content (AvgIpc) is 2.34. The third-order valence-corrected chi connectivity index (χ3v) is 4.41. The van der Waals surface area contributed by atoms with E-state index in [0.717, 1.165) is 11.8 Å². The first-order chi connectivity index (χ1) is 6.29. The van der Waals surface area contributed by atoms with E-state index in [2.05, 4.69) is 19.1 Å². The molecular weight excluding hydrogens is 158 g/mol. The molecule has 13 heavy (non-hydrogen) atoms. The van der Waals surface area contributed by atoms with Crippen molar-refractivity contribution in [3.8, 4) is 6.07 Å². The smallest absolute Gasteiger partial charge is 0.0664 e. The second kappa shape index (κ2) is 2.38. The monoisotopic (exact) mass is 173 g/mol. The first kappa shape index (κ1) is 7.62. The molecule has 0 saturated heterocycles. The molecule has 0 heterocycles. The molecule has 3 rings (SSSR count). The van der Waals surface area contributed by atoms with Gasteiger partial charge in [-0.3, -0.25) is 0 Å². The Balaban J connectivity index is 2.00. The highest BCUT2D eigenvalue weighted by atomic mass is 14.5. The summed E-state index contributed by atoms with van der Waals surface area (Å²) in [4.78, 5) is 0. The molecular formula is C12H15N. The maximum Gasteiger partial charge on any atom is 0.0664 e. The Morgan fingerprint density at radius 2 is 2.23 bits per heavy atom. The predicted molar refractivity (Wildman–Crippen MR) is 50.7 cm³/mol. The van der Waals surface area contributed by atoms with Crippen molar-refractivity contribution in [2.75, 3.05) is 0 Å². The van der Waals surface area contributed by atoms with Gasteiger partial charge in [-0.25, -0.2) is 0 Å². The summed E-state index contributed by atoms with van der Waals surface area (Å²) in [6.45, 7) is 2.22. The zero-order chi connectivity index (χ0) is 9.00. The Morgan fingerprint density at radius 1 is 1.38 bits per heavy atom. The van der Waals surface area contributed by atoms with Crippen molar-refractivity contribution in [1.82, 2.24) is 0 Å². The molecule has 0 radical (unpaired) electrons. The quantitative estimate of drug-likeness (QED) is 0.517. The van der Waals surface area contributed by atoms with Crippen LogP contribution in [0.5, 0.6) is 0 Å². The van der Waals surface area contributed by atoms with Gasteiger partial charge >= 0.3 is 0 Å². The third-order valence-electron chi connectivity index (χ3n) is 4.41. The summed E-state index contributed by atoms with van der Waals surface area (Å²) in [5.41, 5.74) is 1.68. The summed E-state index contributed by atoms with van der Waals surface area (Å²) in [7, 11) is 0. The van der Waals surface area contributed by atoms with Gasteiger partial charge in [0.25, 0.3) is 0 Å². The van der Waals surface area contributed by atoms with Crippen molar-refractivity contribution in [1.29, 1.82) is 5.26 Å². The minimum absolute atomic E-state index is 0.310. The molecule has 3 aliphatic carbocycles. The Hall–Kier alpha value is -0.770. The summed E-state index contributed by atoms with van der Waals surface area (Å²) in [6.07, 6.45) is 6.40. The Labute approximate surface area is 79.4 Å². The SMILES string of the molecule is C[C@@H]1C=C2CC3C[C@@H](CC23)C1C#N. The molecule has 3 aliphatic rings. The van der Waals surface area contributed by atoms with Crippen molar-refractivity contribution in [2.24, 2.45) is 29.6 Å². The molecule has 0 aromatic rings. The lowest BCUT2D eigenvalue weighted by Crippen LogP contribution is -2.25. The predicted octanol–water partition coefficient (Wildman–Crippen LogP) is 2.75. The van der Waals surface area contributed by atoms with E-state index in [0.29, 0.717) is 17.8 Å². The summed E-state index contributed by atoms with van der Waals surface area (Å²) < 4.78 is 0. The van der Waals surface area contributed by atoms with E-state index in [4.69, 9.17) is 5.26 Å². The fourth-order valence-electron chi connectivity index (χ4n) is 3.72. The van der Waals surface area contributed by atoms with Gasteiger partial charge in [0.2, 0.25) is 0 Å². The highest BCUT2D eigenvalue weighted by Crippen LogP contribution is 2.58. The molecule has 68 valence electrons. The molecule has 5 atom stereocenters. The summed E-state index contributed by atoms with van der Waals surface area (Å²) >= 11 is 0. The van der Waals surface area contributed by atoms with Crippen LogP contribution in [0.25, 0.3) is 0 Å². The van der Waals surface area contributed by atoms with Gasteiger partial charge in [-0.15, -0.1) is 0 Å². The van der Waals surface area contributed by atoms with Gasteiger partial charge in [0, 0.05) is 0 Å². The molecule has 1 nitrogen and oxygen atoms in total. The lowest BCUT2D eigenvalue weighted by Gasteiger charge is -2.35.